The zero-order valence-electron chi connectivity index (χ0n) is 11.4. The Labute approximate surface area is 121 Å². The van der Waals surface area contributed by atoms with E-state index in [1.54, 1.807) is 19.1 Å². The highest BCUT2D eigenvalue weighted by molar-refractivity contribution is 6.06. The van der Waals surface area contributed by atoms with E-state index in [1.807, 2.05) is 0 Å². The van der Waals surface area contributed by atoms with Gasteiger partial charge in [0, 0.05) is 36.0 Å². The molecule has 1 amide bonds. The Morgan fingerprint density at radius 1 is 1.24 bits per heavy atom. The largest absolute Gasteiger partial charge is 0.508 e. The number of hydrogen-bond donors (Lipinski definition) is 1. The van der Waals surface area contributed by atoms with Gasteiger partial charge in [0.25, 0.3) is 11.6 Å². The molecule has 108 valence electrons. The summed E-state index contributed by atoms with van der Waals surface area (Å²) in [6, 6.07) is 11.9. The highest BCUT2D eigenvalue weighted by Crippen LogP contribution is 2.23. The van der Waals surface area contributed by atoms with Crippen molar-refractivity contribution in [3.05, 3.63) is 64.2 Å². The molecule has 0 heterocycles. The van der Waals surface area contributed by atoms with E-state index in [4.69, 9.17) is 0 Å². The lowest BCUT2D eigenvalue weighted by atomic mass is 10.1. The number of benzene rings is 2. The molecule has 0 aliphatic carbocycles. The molecule has 0 aliphatic rings. The zero-order chi connectivity index (χ0) is 15.4. The van der Waals surface area contributed by atoms with Gasteiger partial charge in [-0.2, -0.15) is 0 Å². The van der Waals surface area contributed by atoms with E-state index in [0.29, 0.717) is 12.2 Å². The summed E-state index contributed by atoms with van der Waals surface area (Å²) in [7, 11) is 0. The number of carbonyl (C=O) groups is 1. The second-order valence-corrected chi connectivity index (χ2v) is 4.38. The van der Waals surface area contributed by atoms with Crippen molar-refractivity contribution in [2.45, 2.75) is 6.92 Å². The molecule has 0 fully saturated rings. The van der Waals surface area contributed by atoms with Gasteiger partial charge in [0.1, 0.15) is 5.75 Å². The molecule has 0 spiro atoms. The summed E-state index contributed by atoms with van der Waals surface area (Å²) in [5, 5.41) is 20.3. The number of carbonyl (C=O) groups excluding carboxylic acids is 1. The summed E-state index contributed by atoms with van der Waals surface area (Å²) in [6.07, 6.45) is 0. The molecule has 2 aromatic rings. The molecule has 0 saturated heterocycles. The van der Waals surface area contributed by atoms with Gasteiger partial charge >= 0.3 is 0 Å². The monoisotopic (exact) mass is 286 g/mol. The first-order chi connectivity index (χ1) is 10.0. The minimum absolute atomic E-state index is 0.0535. The van der Waals surface area contributed by atoms with Crippen LogP contribution >= 0.6 is 0 Å². The first-order valence-corrected chi connectivity index (χ1v) is 6.38. The first kappa shape index (κ1) is 14.5. The van der Waals surface area contributed by atoms with Gasteiger partial charge in [-0.1, -0.05) is 12.1 Å². The Bertz CT molecular complexity index is 685. The van der Waals surface area contributed by atoms with Crippen molar-refractivity contribution in [1.82, 2.24) is 0 Å². The number of phenols is 1. The number of anilines is 1. The van der Waals surface area contributed by atoms with E-state index in [-0.39, 0.29) is 22.9 Å². The Hall–Kier alpha value is -2.89. The predicted molar refractivity (Wildman–Crippen MR) is 78.6 cm³/mol. The Balaban J connectivity index is 2.36. The van der Waals surface area contributed by atoms with E-state index in [2.05, 4.69) is 0 Å². The van der Waals surface area contributed by atoms with E-state index < -0.39 is 4.92 Å². The van der Waals surface area contributed by atoms with Gasteiger partial charge in [0.05, 0.1) is 4.92 Å². The number of nitro benzene ring substituents is 1. The van der Waals surface area contributed by atoms with Crippen molar-refractivity contribution < 1.29 is 14.8 Å². The normalized spacial score (nSPS) is 10.1. The SMILES string of the molecule is CCN(C(=O)c1cccc([N+](=O)[O-])c1)c1cccc(O)c1. The topological polar surface area (TPSA) is 83.7 Å². The molecule has 6 heteroatoms. The van der Waals surface area contributed by atoms with Crippen LogP contribution in [0.2, 0.25) is 0 Å². The molecule has 0 aliphatic heterocycles. The summed E-state index contributed by atoms with van der Waals surface area (Å²) in [5.74, 6) is -0.301. The van der Waals surface area contributed by atoms with Crippen molar-refractivity contribution in [3.63, 3.8) is 0 Å². The maximum Gasteiger partial charge on any atom is 0.270 e. The molecule has 21 heavy (non-hydrogen) atoms. The summed E-state index contributed by atoms with van der Waals surface area (Å²) in [5.41, 5.74) is 0.635. The first-order valence-electron chi connectivity index (χ1n) is 6.38. The number of amides is 1. The van der Waals surface area contributed by atoms with Crippen LogP contribution in [-0.2, 0) is 0 Å². The van der Waals surface area contributed by atoms with Crippen LogP contribution in [0.5, 0.6) is 5.75 Å². The van der Waals surface area contributed by atoms with Crippen molar-refractivity contribution in [2.75, 3.05) is 11.4 Å². The average Bonchev–Trinajstić information content (AvgIpc) is 2.48. The highest BCUT2D eigenvalue weighted by Gasteiger charge is 2.18. The average molecular weight is 286 g/mol. The van der Waals surface area contributed by atoms with Crippen molar-refractivity contribution in [2.24, 2.45) is 0 Å². The molecule has 0 saturated carbocycles. The number of phenolic OH excluding ortho intramolecular Hbond substituents is 1. The lowest BCUT2D eigenvalue weighted by Gasteiger charge is -2.21. The Kier molecular flexibility index (Phi) is 4.18. The third-order valence-electron chi connectivity index (χ3n) is 3.01. The van der Waals surface area contributed by atoms with E-state index in [9.17, 15) is 20.0 Å². The van der Waals surface area contributed by atoms with Gasteiger partial charge in [0.15, 0.2) is 0 Å². The number of nitro groups is 1. The number of hydrogen-bond acceptors (Lipinski definition) is 4. The van der Waals surface area contributed by atoms with Gasteiger partial charge in [-0.05, 0) is 25.1 Å². The third kappa shape index (κ3) is 3.17. The fourth-order valence-electron chi connectivity index (χ4n) is 2.01. The second kappa shape index (κ2) is 6.04. The second-order valence-electron chi connectivity index (χ2n) is 4.38. The van der Waals surface area contributed by atoms with Crippen LogP contribution in [0, 0.1) is 10.1 Å². The van der Waals surface area contributed by atoms with E-state index in [1.165, 1.54) is 41.3 Å². The standard InChI is InChI=1S/C15H14N2O4/c1-2-16(12-6-4-8-14(18)10-12)15(19)11-5-3-7-13(9-11)17(20)21/h3-10,18H,2H2,1H3. The van der Waals surface area contributed by atoms with Crippen molar-refractivity contribution in [1.29, 1.82) is 0 Å². The maximum absolute atomic E-state index is 12.5. The zero-order valence-corrected chi connectivity index (χ0v) is 11.4. The van der Waals surface area contributed by atoms with Crippen molar-refractivity contribution >= 4 is 17.3 Å². The van der Waals surface area contributed by atoms with Crippen LogP contribution in [0.4, 0.5) is 11.4 Å². The van der Waals surface area contributed by atoms with Gasteiger partial charge in [-0.3, -0.25) is 14.9 Å². The summed E-state index contributed by atoms with van der Waals surface area (Å²) in [4.78, 5) is 24.2. The molecule has 0 unspecified atom stereocenters. The van der Waals surface area contributed by atoms with Gasteiger partial charge in [-0.25, -0.2) is 0 Å². The Morgan fingerprint density at radius 3 is 2.57 bits per heavy atom. The molecule has 6 nitrogen and oxygen atoms in total. The van der Waals surface area contributed by atoms with Gasteiger partial charge in [-0.15, -0.1) is 0 Å². The number of nitrogens with zero attached hydrogens (tertiary/aromatic N) is 2. The minimum atomic E-state index is -0.540. The molecule has 1 N–H and O–H groups in total. The number of aromatic hydroxyl groups is 1. The molecule has 0 bridgehead atoms. The predicted octanol–water partition coefficient (Wildman–Crippen LogP) is 2.97. The van der Waals surface area contributed by atoms with E-state index in [0.717, 1.165) is 0 Å². The van der Waals surface area contributed by atoms with Crippen LogP contribution in [0.1, 0.15) is 17.3 Å². The summed E-state index contributed by atoms with van der Waals surface area (Å²) < 4.78 is 0. The molecule has 2 rings (SSSR count). The van der Waals surface area contributed by atoms with Crippen LogP contribution in [0.15, 0.2) is 48.5 Å². The quantitative estimate of drug-likeness (QED) is 0.691. The van der Waals surface area contributed by atoms with E-state index >= 15 is 0 Å². The fraction of sp³-hybridized carbons (Fsp3) is 0.133. The molecule has 0 atom stereocenters. The van der Waals surface area contributed by atoms with Crippen LogP contribution in [0.25, 0.3) is 0 Å². The molecule has 0 radical (unpaired) electrons. The van der Waals surface area contributed by atoms with Crippen molar-refractivity contribution in [3.8, 4) is 5.75 Å². The highest BCUT2D eigenvalue weighted by atomic mass is 16.6. The minimum Gasteiger partial charge on any atom is -0.508 e. The number of rotatable bonds is 4. The molecule has 2 aromatic carbocycles. The smallest absolute Gasteiger partial charge is 0.270 e. The number of non-ortho nitro benzene ring substituents is 1. The summed E-state index contributed by atoms with van der Waals surface area (Å²) >= 11 is 0. The Morgan fingerprint density at radius 2 is 1.95 bits per heavy atom. The fourth-order valence-corrected chi connectivity index (χ4v) is 2.01. The maximum atomic E-state index is 12.5. The van der Waals surface area contributed by atoms with Crippen LogP contribution in [0.3, 0.4) is 0 Å². The lowest BCUT2D eigenvalue weighted by molar-refractivity contribution is -0.384. The molecule has 0 aromatic heterocycles. The van der Waals surface area contributed by atoms with Crippen LogP contribution in [-0.4, -0.2) is 22.5 Å². The lowest BCUT2D eigenvalue weighted by Crippen LogP contribution is -2.30. The molecular formula is C15H14N2O4. The summed E-state index contributed by atoms with van der Waals surface area (Å²) in [6.45, 7) is 2.17. The van der Waals surface area contributed by atoms with Gasteiger partial charge in [0.2, 0.25) is 0 Å². The third-order valence-corrected chi connectivity index (χ3v) is 3.01. The molecular weight excluding hydrogens is 272 g/mol. The van der Waals surface area contributed by atoms with Gasteiger partial charge < -0.3 is 10.0 Å². The van der Waals surface area contributed by atoms with Crippen LogP contribution < -0.4 is 4.90 Å².